The maximum atomic E-state index is 12.4. The van der Waals surface area contributed by atoms with E-state index in [1.165, 1.54) is 0 Å². The van der Waals surface area contributed by atoms with E-state index in [-0.39, 0.29) is 5.91 Å². The predicted molar refractivity (Wildman–Crippen MR) is 101 cm³/mol. The van der Waals surface area contributed by atoms with Crippen LogP contribution in [0.3, 0.4) is 0 Å². The van der Waals surface area contributed by atoms with E-state index in [1.54, 1.807) is 0 Å². The van der Waals surface area contributed by atoms with E-state index >= 15 is 0 Å². The molecule has 0 radical (unpaired) electrons. The molecule has 0 spiro atoms. The van der Waals surface area contributed by atoms with E-state index in [0.29, 0.717) is 30.1 Å². The first-order valence-corrected chi connectivity index (χ1v) is 9.25. The summed E-state index contributed by atoms with van der Waals surface area (Å²) < 4.78 is 7.37. The van der Waals surface area contributed by atoms with Gasteiger partial charge in [-0.3, -0.25) is 9.69 Å². The van der Waals surface area contributed by atoms with Gasteiger partial charge in [-0.05, 0) is 29.5 Å². The molecule has 1 atom stereocenters. The molecule has 1 aliphatic heterocycles. The minimum absolute atomic E-state index is 0.0244. The Labute approximate surface area is 153 Å². The summed E-state index contributed by atoms with van der Waals surface area (Å²) >= 11 is 6.08. The number of hydrogen-bond donors (Lipinski definition) is 1. The number of morpholine rings is 1. The molecular weight excluding hydrogens is 338 g/mol. The first-order valence-electron chi connectivity index (χ1n) is 8.87. The van der Waals surface area contributed by atoms with Crippen molar-refractivity contribution in [1.82, 2.24) is 14.8 Å². The van der Waals surface area contributed by atoms with E-state index in [1.807, 2.05) is 35.0 Å². The third-order valence-corrected chi connectivity index (χ3v) is 5.08. The molecule has 5 nitrogen and oxygen atoms in total. The summed E-state index contributed by atoms with van der Waals surface area (Å²) in [7, 11) is 0. The number of hydrogen-bond acceptors (Lipinski definition) is 3. The van der Waals surface area contributed by atoms with Crippen LogP contribution in [0.5, 0.6) is 0 Å². The second-order valence-electron chi connectivity index (χ2n) is 6.91. The largest absolute Gasteiger partial charge is 0.379 e. The third-order valence-electron chi connectivity index (χ3n) is 4.84. The van der Waals surface area contributed by atoms with Gasteiger partial charge in [0.25, 0.3) is 0 Å². The number of benzene rings is 1. The highest BCUT2D eigenvalue weighted by Gasteiger charge is 2.24. The number of carbonyl (C=O) groups is 1. The summed E-state index contributed by atoms with van der Waals surface area (Å²) in [5.74, 6) is 0.501. The van der Waals surface area contributed by atoms with Crippen molar-refractivity contribution in [2.45, 2.75) is 26.4 Å². The van der Waals surface area contributed by atoms with Gasteiger partial charge in [-0.15, -0.1) is 0 Å². The van der Waals surface area contributed by atoms with Crippen LogP contribution in [-0.2, 0) is 16.1 Å². The van der Waals surface area contributed by atoms with Gasteiger partial charge < -0.3 is 14.6 Å². The van der Waals surface area contributed by atoms with Crippen molar-refractivity contribution in [3.05, 3.63) is 35.5 Å². The second kappa shape index (κ2) is 8.21. The molecule has 25 heavy (non-hydrogen) atoms. The molecule has 1 aromatic carbocycles. The van der Waals surface area contributed by atoms with E-state index in [4.69, 9.17) is 16.3 Å². The molecule has 3 rings (SSSR count). The Hall–Kier alpha value is -1.56. The van der Waals surface area contributed by atoms with Crippen LogP contribution < -0.4 is 5.32 Å². The van der Waals surface area contributed by atoms with Crippen molar-refractivity contribution >= 4 is 28.4 Å². The Morgan fingerprint density at radius 2 is 2.04 bits per heavy atom. The summed E-state index contributed by atoms with van der Waals surface area (Å²) in [6, 6.07) is 8.07. The number of aromatic nitrogens is 1. The number of halogens is 1. The van der Waals surface area contributed by atoms with Gasteiger partial charge >= 0.3 is 0 Å². The quantitative estimate of drug-likeness (QED) is 0.858. The fourth-order valence-electron chi connectivity index (χ4n) is 3.42. The minimum atomic E-state index is 0.0244. The Morgan fingerprint density at radius 3 is 2.76 bits per heavy atom. The molecule has 1 unspecified atom stereocenters. The fraction of sp³-hybridized carbons (Fsp3) is 0.526. The van der Waals surface area contributed by atoms with Crippen LogP contribution in [0.2, 0.25) is 5.02 Å². The number of ether oxygens (including phenoxy) is 1. The molecule has 1 saturated heterocycles. The summed E-state index contributed by atoms with van der Waals surface area (Å²) in [5.41, 5.74) is 0.983. The highest BCUT2D eigenvalue weighted by molar-refractivity contribution is 6.31. The lowest BCUT2D eigenvalue weighted by atomic mass is 10.0. The van der Waals surface area contributed by atoms with Crippen molar-refractivity contribution in [3.8, 4) is 0 Å². The Bertz CT molecular complexity index is 723. The lowest BCUT2D eigenvalue weighted by Gasteiger charge is -2.36. The van der Waals surface area contributed by atoms with E-state index < -0.39 is 0 Å². The van der Waals surface area contributed by atoms with Gasteiger partial charge in [-0.25, -0.2) is 0 Å². The van der Waals surface area contributed by atoms with Gasteiger partial charge in [0.15, 0.2) is 0 Å². The van der Waals surface area contributed by atoms with Gasteiger partial charge in [0.2, 0.25) is 5.91 Å². The zero-order valence-electron chi connectivity index (χ0n) is 14.9. The number of amides is 1. The molecule has 6 heteroatoms. The van der Waals surface area contributed by atoms with Gasteiger partial charge in [-0.1, -0.05) is 31.5 Å². The first kappa shape index (κ1) is 18.2. The molecule has 2 aromatic rings. The lowest BCUT2D eigenvalue weighted by molar-refractivity contribution is -0.122. The maximum Gasteiger partial charge on any atom is 0.239 e. The second-order valence-corrected chi connectivity index (χ2v) is 7.35. The van der Waals surface area contributed by atoms with Crippen molar-refractivity contribution in [2.24, 2.45) is 5.92 Å². The van der Waals surface area contributed by atoms with Crippen LogP contribution in [-0.4, -0.2) is 54.3 Å². The fourth-order valence-corrected chi connectivity index (χ4v) is 3.59. The SMILES string of the molecule is CC(C)C(CNC(=O)Cn1ccc2ccc(Cl)cc21)N1CCOCC1. The Morgan fingerprint density at radius 1 is 1.28 bits per heavy atom. The molecule has 1 amide bonds. The van der Waals surface area contributed by atoms with E-state index in [9.17, 15) is 4.79 Å². The van der Waals surface area contributed by atoms with Crippen LogP contribution in [0.25, 0.3) is 10.9 Å². The topological polar surface area (TPSA) is 46.5 Å². The van der Waals surface area contributed by atoms with E-state index in [2.05, 4.69) is 24.1 Å². The van der Waals surface area contributed by atoms with Crippen molar-refractivity contribution < 1.29 is 9.53 Å². The average Bonchev–Trinajstić information content (AvgIpc) is 2.98. The van der Waals surface area contributed by atoms with Crippen molar-refractivity contribution in [2.75, 3.05) is 32.8 Å². The summed E-state index contributed by atoms with van der Waals surface area (Å²) in [6.07, 6.45) is 1.93. The number of fused-ring (bicyclic) bond motifs is 1. The van der Waals surface area contributed by atoms with Crippen molar-refractivity contribution in [1.29, 1.82) is 0 Å². The zero-order valence-corrected chi connectivity index (χ0v) is 15.6. The average molecular weight is 364 g/mol. The van der Waals surface area contributed by atoms with Crippen LogP contribution >= 0.6 is 11.6 Å². The van der Waals surface area contributed by atoms with Crippen LogP contribution in [0.1, 0.15) is 13.8 Å². The highest BCUT2D eigenvalue weighted by Crippen LogP contribution is 2.20. The van der Waals surface area contributed by atoms with Crippen molar-refractivity contribution in [3.63, 3.8) is 0 Å². The van der Waals surface area contributed by atoms with Crippen LogP contribution in [0, 0.1) is 5.92 Å². The number of rotatable bonds is 6. The molecular formula is C19H26ClN3O2. The smallest absolute Gasteiger partial charge is 0.239 e. The molecule has 1 aliphatic rings. The number of nitrogens with one attached hydrogen (secondary N) is 1. The van der Waals surface area contributed by atoms with Crippen LogP contribution in [0.15, 0.2) is 30.5 Å². The Balaban J connectivity index is 1.60. The monoisotopic (exact) mass is 363 g/mol. The molecule has 136 valence electrons. The predicted octanol–water partition coefficient (Wildman–Crippen LogP) is 2.77. The molecule has 0 bridgehead atoms. The van der Waals surface area contributed by atoms with E-state index in [0.717, 1.165) is 37.2 Å². The minimum Gasteiger partial charge on any atom is -0.379 e. The van der Waals surface area contributed by atoms with Gasteiger partial charge in [0.1, 0.15) is 6.54 Å². The molecule has 1 aromatic heterocycles. The van der Waals surface area contributed by atoms with Gasteiger partial charge in [-0.2, -0.15) is 0 Å². The molecule has 1 fully saturated rings. The summed E-state index contributed by atoms with van der Waals surface area (Å²) in [4.78, 5) is 14.9. The Kier molecular flexibility index (Phi) is 5.99. The molecule has 2 heterocycles. The van der Waals surface area contributed by atoms with Crippen LogP contribution in [0.4, 0.5) is 0 Å². The normalized spacial score (nSPS) is 17.1. The molecule has 1 N–H and O–H groups in total. The third kappa shape index (κ3) is 4.54. The molecule has 0 aliphatic carbocycles. The molecule has 0 saturated carbocycles. The summed E-state index contributed by atoms with van der Waals surface area (Å²) in [5, 5.41) is 4.87. The highest BCUT2D eigenvalue weighted by atomic mass is 35.5. The standard InChI is InChI=1S/C19H26ClN3O2/c1-14(2)18(22-7-9-25-10-8-22)12-21-19(24)13-23-6-5-15-3-4-16(20)11-17(15)23/h3-6,11,14,18H,7-10,12-13H2,1-2H3,(H,21,24). The number of carbonyl (C=O) groups excluding carboxylic acids is 1. The van der Waals surface area contributed by atoms with Gasteiger partial charge in [0, 0.05) is 42.4 Å². The summed E-state index contributed by atoms with van der Waals surface area (Å²) in [6.45, 7) is 8.77. The van der Waals surface area contributed by atoms with Gasteiger partial charge in [0.05, 0.1) is 13.2 Å². The maximum absolute atomic E-state index is 12.4. The number of nitrogens with zero attached hydrogens (tertiary/aromatic N) is 2. The lowest BCUT2D eigenvalue weighted by Crippen LogP contribution is -2.51. The first-order chi connectivity index (χ1) is 12.0. The zero-order chi connectivity index (χ0) is 17.8.